The Morgan fingerprint density at radius 1 is 1.04 bits per heavy atom. The summed E-state index contributed by atoms with van der Waals surface area (Å²) in [5.41, 5.74) is 0. The van der Waals surface area contributed by atoms with Crippen LogP contribution in [0.25, 0.3) is 0 Å². The highest BCUT2D eigenvalue weighted by Crippen LogP contribution is 2.25. The molecule has 1 aliphatic rings. The fourth-order valence-corrected chi connectivity index (χ4v) is 2.98. The number of β-amino-alcohol motifs (C(OH)–C–C–N with tert-alkyl or cyclic N) is 1. The van der Waals surface area contributed by atoms with Gasteiger partial charge in [-0.15, -0.1) is 0 Å². The number of aromatic nitrogens is 1. The van der Waals surface area contributed by atoms with Crippen LogP contribution in [-0.4, -0.2) is 67.5 Å². The van der Waals surface area contributed by atoms with E-state index in [1.165, 1.54) is 0 Å². The molecule has 1 N–H and O–H groups in total. The molecule has 6 heteroatoms. The first-order chi connectivity index (χ1) is 12.3. The molecule has 1 aromatic heterocycles. The topological polar surface area (TPSA) is 58.1 Å². The second-order valence-corrected chi connectivity index (χ2v) is 6.09. The molecule has 0 radical (unpaired) electrons. The van der Waals surface area contributed by atoms with E-state index in [9.17, 15) is 5.11 Å². The number of rotatable bonds is 7. The van der Waals surface area contributed by atoms with Gasteiger partial charge in [0.05, 0.1) is 7.11 Å². The molecule has 0 bridgehead atoms. The Hall–Kier alpha value is -2.31. The lowest BCUT2D eigenvalue weighted by molar-refractivity contribution is 0.0653. The Bertz CT molecular complexity index is 645. The van der Waals surface area contributed by atoms with E-state index >= 15 is 0 Å². The average Bonchev–Trinajstić information content (AvgIpc) is 2.68. The SMILES string of the molecule is COc1ccccc1OCC(O)CN1CCN(c2ccccn2)CC1. The van der Waals surface area contributed by atoms with E-state index in [1.54, 1.807) is 7.11 Å². The first-order valence-electron chi connectivity index (χ1n) is 8.58. The van der Waals surface area contributed by atoms with E-state index in [1.807, 2.05) is 48.7 Å². The molecule has 2 heterocycles. The molecule has 6 nitrogen and oxygen atoms in total. The fraction of sp³-hybridized carbons (Fsp3) is 0.421. The highest BCUT2D eigenvalue weighted by Gasteiger charge is 2.20. The van der Waals surface area contributed by atoms with Crippen molar-refractivity contribution in [2.24, 2.45) is 0 Å². The Morgan fingerprint density at radius 3 is 2.44 bits per heavy atom. The smallest absolute Gasteiger partial charge is 0.161 e. The monoisotopic (exact) mass is 343 g/mol. The third-order valence-corrected chi connectivity index (χ3v) is 4.31. The molecule has 0 aliphatic carbocycles. The van der Waals surface area contributed by atoms with Crippen LogP contribution in [0, 0.1) is 0 Å². The lowest BCUT2D eigenvalue weighted by Crippen LogP contribution is -2.49. The zero-order valence-corrected chi connectivity index (χ0v) is 14.5. The molecular formula is C19H25N3O3. The Labute approximate surface area is 148 Å². The number of pyridine rings is 1. The zero-order valence-electron chi connectivity index (χ0n) is 14.5. The highest BCUT2D eigenvalue weighted by atomic mass is 16.5. The predicted molar refractivity (Wildman–Crippen MR) is 97.4 cm³/mol. The lowest BCUT2D eigenvalue weighted by atomic mass is 10.2. The molecule has 25 heavy (non-hydrogen) atoms. The number of hydrogen-bond donors (Lipinski definition) is 1. The van der Waals surface area contributed by atoms with Gasteiger partial charge in [-0.1, -0.05) is 18.2 Å². The minimum absolute atomic E-state index is 0.251. The fourth-order valence-electron chi connectivity index (χ4n) is 2.98. The molecule has 1 aromatic carbocycles. The molecule has 0 amide bonds. The zero-order chi connectivity index (χ0) is 17.5. The number of hydrogen-bond acceptors (Lipinski definition) is 6. The number of piperazine rings is 1. The van der Waals surface area contributed by atoms with Crippen molar-refractivity contribution in [1.82, 2.24) is 9.88 Å². The molecule has 3 rings (SSSR count). The van der Waals surface area contributed by atoms with Crippen LogP contribution in [0.3, 0.4) is 0 Å². The van der Waals surface area contributed by atoms with Crippen LogP contribution in [-0.2, 0) is 0 Å². The number of anilines is 1. The van der Waals surface area contributed by atoms with Crippen LogP contribution in [0.1, 0.15) is 0 Å². The van der Waals surface area contributed by atoms with Gasteiger partial charge in [0.2, 0.25) is 0 Å². The maximum Gasteiger partial charge on any atom is 0.161 e. The van der Waals surface area contributed by atoms with E-state index in [4.69, 9.17) is 9.47 Å². The van der Waals surface area contributed by atoms with E-state index in [0.717, 1.165) is 32.0 Å². The molecule has 1 unspecified atom stereocenters. The van der Waals surface area contributed by atoms with E-state index in [0.29, 0.717) is 18.0 Å². The van der Waals surface area contributed by atoms with E-state index < -0.39 is 6.10 Å². The number of ether oxygens (including phenoxy) is 2. The van der Waals surface area contributed by atoms with E-state index in [-0.39, 0.29) is 6.61 Å². The number of para-hydroxylation sites is 2. The molecule has 1 fully saturated rings. The molecule has 0 saturated carbocycles. The summed E-state index contributed by atoms with van der Waals surface area (Å²) in [6.07, 6.45) is 1.28. The van der Waals surface area contributed by atoms with Crippen molar-refractivity contribution in [2.75, 3.05) is 51.3 Å². The third-order valence-electron chi connectivity index (χ3n) is 4.31. The molecule has 1 saturated heterocycles. The molecule has 1 atom stereocenters. The van der Waals surface area contributed by atoms with Crippen molar-refractivity contribution in [3.05, 3.63) is 48.7 Å². The van der Waals surface area contributed by atoms with Gasteiger partial charge in [-0.3, -0.25) is 4.90 Å². The summed E-state index contributed by atoms with van der Waals surface area (Å²) < 4.78 is 11.0. The molecular weight excluding hydrogens is 318 g/mol. The number of methoxy groups -OCH3 is 1. The van der Waals surface area contributed by atoms with Gasteiger partial charge in [-0.05, 0) is 24.3 Å². The van der Waals surface area contributed by atoms with Crippen molar-refractivity contribution < 1.29 is 14.6 Å². The van der Waals surface area contributed by atoms with Crippen LogP contribution in [0.5, 0.6) is 11.5 Å². The minimum atomic E-state index is -0.536. The van der Waals surface area contributed by atoms with Gasteiger partial charge < -0.3 is 19.5 Å². The van der Waals surface area contributed by atoms with Gasteiger partial charge in [-0.2, -0.15) is 0 Å². The lowest BCUT2D eigenvalue weighted by Gasteiger charge is -2.36. The van der Waals surface area contributed by atoms with Crippen LogP contribution >= 0.6 is 0 Å². The first kappa shape index (κ1) is 17.5. The normalized spacial score (nSPS) is 16.5. The van der Waals surface area contributed by atoms with Crippen molar-refractivity contribution in [1.29, 1.82) is 0 Å². The van der Waals surface area contributed by atoms with E-state index in [2.05, 4.69) is 14.8 Å². The maximum atomic E-state index is 10.3. The summed E-state index contributed by atoms with van der Waals surface area (Å²) in [6.45, 7) is 4.49. The number of aliphatic hydroxyl groups is 1. The van der Waals surface area contributed by atoms with Gasteiger partial charge in [0.1, 0.15) is 18.5 Å². The van der Waals surface area contributed by atoms with Crippen molar-refractivity contribution >= 4 is 5.82 Å². The van der Waals surface area contributed by atoms with Gasteiger partial charge in [0.15, 0.2) is 11.5 Å². The summed E-state index contributed by atoms with van der Waals surface area (Å²) in [4.78, 5) is 8.93. The maximum absolute atomic E-state index is 10.3. The number of nitrogens with zero attached hydrogens (tertiary/aromatic N) is 3. The first-order valence-corrected chi connectivity index (χ1v) is 8.58. The Kier molecular flexibility index (Phi) is 6.09. The summed E-state index contributed by atoms with van der Waals surface area (Å²) in [7, 11) is 1.61. The Balaban J connectivity index is 1.43. The van der Waals surface area contributed by atoms with Gasteiger partial charge >= 0.3 is 0 Å². The van der Waals surface area contributed by atoms with Crippen LogP contribution < -0.4 is 14.4 Å². The number of aliphatic hydroxyl groups excluding tert-OH is 1. The third kappa shape index (κ3) is 4.84. The second kappa shape index (κ2) is 8.69. The largest absolute Gasteiger partial charge is 0.493 e. The van der Waals surface area contributed by atoms with Crippen molar-refractivity contribution in [3.8, 4) is 11.5 Å². The predicted octanol–water partition coefficient (Wildman–Crippen LogP) is 1.65. The molecule has 1 aliphatic heterocycles. The Morgan fingerprint density at radius 2 is 1.76 bits per heavy atom. The van der Waals surface area contributed by atoms with Gasteiger partial charge in [0, 0.05) is 38.9 Å². The standard InChI is InChI=1S/C19H25N3O3/c1-24-17-6-2-3-7-18(17)25-15-16(23)14-21-10-12-22(13-11-21)19-8-4-5-9-20-19/h2-9,16,23H,10-15H2,1H3. The van der Waals surface area contributed by atoms with Crippen LogP contribution in [0.2, 0.25) is 0 Å². The minimum Gasteiger partial charge on any atom is -0.493 e. The summed E-state index contributed by atoms with van der Waals surface area (Å²) in [6, 6.07) is 13.4. The van der Waals surface area contributed by atoms with Crippen molar-refractivity contribution in [3.63, 3.8) is 0 Å². The number of benzene rings is 1. The van der Waals surface area contributed by atoms with Gasteiger partial charge in [0.25, 0.3) is 0 Å². The van der Waals surface area contributed by atoms with Gasteiger partial charge in [-0.25, -0.2) is 4.98 Å². The second-order valence-electron chi connectivity index (χ2n) is 6.09. The molecule has 2 aromatic rings. The summed E-state index contributed by atoms with van der Waals surface area (Å²) >= 11 is 0. The average molecular weight is 343 g/mol. The quantitative estimate of drug-likeness (QED) is 0.825. The molecule has 134 valence electrons. The van der Waals surface area contributed by atoms with Crippen LogP contribution in [0.4, 0.5) is 5.82 Å². The highest BCUT2D eigenvalue weighted by molar-refractivity contribution is 5.39. The van der Waals surface area contributed by atoms with Crippen molar-refractivity contribution in [2.45, 2.75) is 6.10 Å². The van der Waals surface area contributed by atoms with Crippen LogP contribution in [0.15, 0.2) is 48.7 Å². The summed E-state index contributed by atoms with van der Waals surface area (Å²) in [5, 5.41) is 10.3. The molecule has 0 spiro atoms. The summed E-state index contributed by atoms with van der Waals surface area (Å²) in [5.74, 6) is 2.35.